The minimum Gasteiger partial charge on any atom is -0.324 e. The van der Waals surface area contributed by atoms with Crippen molar-refractivity contribution in [2.24, 2.45) is 0 Å². The summed E-state index contributed by atoms with van der Waals surface area (Å²) in [7, 11) is 0. The van der Waals surface area contributed by atoms with Crippen LogP contribution in [0.3, 0.4) is 0 Å². The smallest absolute Gasteiger partial charge is 0.324 e. The van der Waals surface area contributed by atoms with Gasteiger partial charge in [-0.25, -0.2) is 4.79 Å². The van der Waals surface area contributed by atoms with E-state index in [4.69, 9.17) is 0 Å². The normalized spacial score (nSPS) is 18.6. The first-order chi connectivity index (χ1) is 14.3. The van der Waals surface area contributed by atoms with Crippen molar-refractivity contribution in [3.05, 3.63) is 52.2 Å². The molecule has 160 valence electrons. The van der Waals surface area contributed by atoms with Crippen LogP contribution in [0.15, 0.2) is 41.8 Å². The fraction of sp³-hybridized carbons (Fsp3) is 0.400. The lowest BCUT2D eigenvalue weighted by Gasteiger charge is -2.43. The Morgan fingerprint density at radius 1 is 1.03 bits per heavy atom. The van der Waals surface area contributed by atoms with Gasteiger partial charge in [-0.1, -0.05) is 6.07 Å². The standard InChI is InChI=1S/C20H20F3N3O2S2/c21-20(22,23)14-3-5-15(6-4-14)24-18(28)25-9-7-19(8-10-25)26(11-13-30-19)17(27)16-2-1-12-29-16/h1-6,12H,7-11,13H2,(H,24,28). The Hall–Kier alpha value is -2.20. The number of carbonyl (C=O) groups is 2. The van der Waals surface area contributed by atoms with Crippen molar-refractivity contribution >= 4 is 40.7 Å². The molecule has 3 amide bonds. The van der Waals surface area contributed by atoms with Crippen LogP contribution in [-0.2, 0) is 6.18 Å². The number of urea groups is 1. The van der Waals surface area contributed by atoms with E-state index in [0.29, 0.717) is 38.2 Å². The lowest BCUT2D eigenvalue weighted by molar-refractivity contribution is -0.137. The third-order valence-corrected chi connectivity index (χ3v) is 7.86. The van der Waals surface area contributed by atoms with Gasteiger partial charge in [0.05, 0.1) is 15.3 Å². The number of likely N-dealkylation sites (tertiary alicyclic amines) is 1. The summed E-state index contributed by atoms with van der Waals surface area (Å²) in [5.41, 5.74) is -0.438. The van der Waals surface area contributed by atoms with E-state index in [1.807, 2.05) is 22.4 Å². The third-order valence-electron chi connectivity index (χ3n) is 5.45. The van der Waals surface area contributed by atoms with E-state index >= 15 is 0 Å². The molecule has 5 nitrogen and oxygen atoms in total. The number of anilines is 1. The molecule has 10 heteroatoms. The number of benzene rings is 1. The van der Waals surface area contributed by atoms with Crippen LogP contribution in [0.1, 0.15) is 28.1 Å². The quantitative estimate of drug-likeness (QED) is 0.695. The van der Waals surface area contributed by atoms with Crippen LogP contribution in [0, 0.1) is 0 Å². The number of nitrogens with one attached hydrogen (secondary N) is 1. The Kier molecular flexibility index (Phi) is 5.71. The van der Waals surface area contributed by atoms with Gasteiger partial charge in [0, 0.05) is 31.1 Å². The van der Waals surface area contributed by atoms with Crippen molar-refractivity contribution in [2.45, 2.75) is 23.9 Å². The molecule has 2 fully saturated rings. The number of carbonyl (C=O) groups excluding carboxylic acids is 2. The predicted molar refractivity (Wildman–Crippen MR) is 112 cm³/mol. The molecule has 4 rings (SSSR count). The van der Waals surface area contributed by atoms with Gasteiger partial charge >= 0.3 is 12.2 Å². The van der Waals surface area contributed by atoms with Crippen molar-refractivity contribution in [3.8, 4) is 0 Å². The zero-order chi connectivity index (χ0) is 21.4. The molecule has 30 heavy (non-hydrogen) atoms. The molecule has 1 aromatic carbocycles. The molecule has 0 saturated carbocycles. The molecule has 2 aliphatic rings. The molecule has 0 atom stereocenters. The lowest BCUT2D eigenvalue weighted by Crippen LogP contribution is -2.54. The number of rotatable bonds is 2. The maximum absolute atomic E-state index is 12.9. The van der Waals surface area contributed by atoms with Gasteiger partial charge < -0.3 is 15.1 Å². The molecule has 1 spiro atoms. The molecule has 2 aromatic rings. The first kappa shape index (κ1) is 21.0. The molecular formula is C20H20F3N3O2S2. The molecule has 3 heterocycles. The number of thioether (sulfide) groups is 1. The van der Waals surface area contributed by atoms with E-state index in [0.717, 1.165) is 22.8 Å². The Morgan fingerprint density at radius 2 is 1.73 bits per heavy atom. The van der Waals surface area contributed by atoms with E-state index in [9.17, 15) is 22.8 Å². The second kappa shape index (κ2) is 8.14. The summed E-state index contributed by atoms with van der Waals surface area (Å²) in [6.07, 6.45) is -3.08. The molecule has 0 radical (unpaired) electrons. The second-order valence-corrected chi connectivity index (χ2v) is 9.63. The second-order valence-electron chi connectivity index (χ2n) is 7.22. The van der Waals surface area contributed by atoms with E-state index in [-0.39, 0.29) is 16.8 Å². The van der Waals surface area contributed by atoms with Crippen LogP contribution in [0.5, 0.6) is 0 Å². The van der Waals surface area contributed by atoms with Gasteiger partial charge in [-0.2, -0.15) is 13.2 Å². The number of amides is 3. The largest absolute Gasteiger partial charge is 0.416 e. The predicted octanol–water partition coefficient (Wildman–Crippen LogP) is 4.98. The highest BCUT2D eigenvalue weighted by atomic mass is 32.2. The van der Waals surface area contributed by atoms with Gasteiger partial charge in [0.2, 0.25) is 0 Å². The first-order valence-corrected chi connectivity index (χ1v) is 11.4. The minimum absolute atomic E-state index is 0.0395. The Labute approximate surface area is 180 Å². The average Bonchev–Trinajstić information content (AvgIpc) is 3.38. The third kappa shape index (κ3) is 4.15. The van der Waals surface area contributed by atoms with E-state index in [1.165, 1.54) is 23.5 Å². The molecule has 0 bridgehead atoms. The zero-order valence-electron chi connectivity index (χ0n) is 15.9. The summed E-state index contributed by atoms with van der Waals surface area (Å²) in [6.45, 7) is 1.65. The summed E-state index contributed by atoms with van der Waals surface area (Å²) in [5.74, 6) is 0.909. The van der Waals surface area contributed by atoms with Crippen LogP contribution in [0.4, 0.5) is 23.7 Å². The van der Waals surface area contributed by atoms with Crippen molar-refractivity contribution in [1.82, 2.24) is 9.80 Å². The van der Waals surface area contributed by atoms with Crippen molar-refractivity contribution < 1.29 is 22.8 Å². The number of piperidine rings is 1. The highest BCUT2D eigenvalue weighted by Crippen LogP contribution is 2.44. The number of alkyl halides is 3. The molecule has 0 unspecified atom stereocenters. The highest BCUT2D eigenvalue weighted by molar-refractivity contribution is 8.00. The van der Waals surface area contributed by atoms with Crippen LogP contribution in [-0.4, -0.2) is 52.0 Å². The number of halogens is 3. The minimum atomic E-state index is -4.41. The summed E-state index contributed by atoms with van der Waals surface area (Å²) < 4.78 is 38.0. The maximum Gasteiger partial charge on any atom is 0.416 e. The van der Waals surface area contributed by atoms with E-state index in [2.05, 4.69) is 5.32 Å². The number of hydrogen-bond acceptors (Lipinski definition) is 4. The first-order valence-electron chi connectivity index (χ1n) is 9.51. The van der Waals surface area contributed by atoms with Crippen LogP contribution in [0.2, 0.25) is 0 Å². The Balaban J connectivity index is 1.37. The van der Waals surface area contributed by atoms with Crippen LogP contribution >= 0.6 is 23.1 Å². The number of hydrogen-bond donors (Lipinski definition) is 1. The van der Waals surface area contributed by atoms with Crippen LogP contribution < -0.4 is 5.32 Å². The monoisotopic (exact) mass is 455 g/mol. The number of nitrogens with zero attached hydrogens (tertiary/aromatic N) is 2. The highest BCUT2D eigenvalue weighted by Gasteiger charge is 2.47. The van der Waals surface area contributed by atoms with Gasteiger partial charge in [-0.3, -0.25) is 4.79 Å². The fourth-order valence-corrected chi connectivity index (χ4v) is 5.97. The summed E-state index contributed by atoms with van der Waals surface area (Å²) in [5, 5.41) is 4.55. The van der Waals surface area contributed by atoms with Crippen molar-refractivity contribution in [2.75, 3.05) is 30.7 Å². The van der Waals surface area contributed by atoms with Crippen molar-refractivity contribution in [1.29, 1.82) is 0 Å². The van der Waals surface area contributed by atoms with E-state index < -0.39 is 11.7 Å². The molecule has 2 saturated heterocycles. The van der Waals surface area contributed by atoms with Gasteiger partial charge in [0.1, 0.15) is 0 Å². The molecule has 2 aliphatic heterocycles. The fourth-order valence-electron chi connectivity index (χ4n) is 3.85. The summed E-state index contributed by atoms with van der Waals surface area (Å²) in [6, 6.07) is 7.75. The topological polar surface area (TPSA) is 52.7 Å². The molecular weight excluding hydrogens is 435 g/mol. The summed E-state index contributed by atoms with van der Waals surface area (Å²) in [4.78, 5) is 29.5. The van der Waals surface area contributed by atoms with Crippen molar-refractivity contribution in [3.63, 3.8) is 0 Å². The van der Waals surface area contributed by atoms with E-state index in [1.54, 1.807) is 16.7 Å². The zero-order valence-corrected chi connectivity index (χ0v) is 17.6. The molecule has 0 aliphatic carbocycles. The van der Waals surface area contributed by atoms with Gasteiger partial charge in [-0.05, 0) is 48.6 Å². The molecule has 1 N–H and O–H groups in total. The summed E-state index contributed by atoms with van der Waals surface area (Å²) >= 11 is 3.19. The van der Waals surface area contributed by atoms with Gasteiger partial charge in [0.15, 0.2) is 0 Å². The lowest BCUT2D eigenvalue weighted by atomic mass is 10.0. The Morgan fingerprint density at radius 3 is 2.33 bits per heavy atom. The Bertz CT molecular complexity index is 908. The molecule has 1 aromatic heterocycles. The SMILES string of the molecule is O=C(Nc1ccc(C(F)(F)F)cc1)N1CCC2(CC1)SCCN2C(=O)c1cccs1. The van der Waals surface area contributed by atoms with Gasteiger partial charge in [0.25, 0.3) is 5.91 Å². The number of thiophene rings is 1. The van der Waals surface area contributed by atoms with Gasteiger partial charge in [-0.15, -0.1) is 23.1 Å². The maximum atomic E-state index is 12.9. The van der Waals surface area contributed by atoms with Crippen LogP contribution in [0.25, 0.3) is 0 Å². The average molecular weight is 456 g/mol.